The number of aromatic nitrogens is 4. The first-order valence-electron chi connectivity index (χ1n) is 4.33. The molecule has 1 unspecified atom stereocenters. The number of rotatable bonds is 3. The van der Waals surface area contributed by atoms with E-state index in [1.165, 1.54) is 6.33 Å². The minimum Gasteiger partial charge on any atom is -0.382 e. The molecule has 0 spiro atoms. The van der Waals surface area contributed by atoms with E-state index in [4.69, 9.17) is 28.9 Å². The third-order valence-electron chi connectivity index (χ3n) is 1.99. The minimum atomic E-state index is -0.153. The molecule has 80 valence electrons. The molecule has 0 saturated heterocycles. The van der Waals surface area contributed by atoms with Crippen molar-refractivity contribution in [2.45, 2.75) is 11.9 Å². The number of alkyl halides is 2. The van der Waals surface area contributed by atoms with E-state index < -0.39 is 0 Å². The van der Waals surface area contributed by atoms with Crippen LogP contribution in [-0.4, -0.2) is 30.8 Å². The number of hydrogen-bond acceptors (Lipinski definition) is 4. The molecule has 0 radical (unpaired) electrons. The summed E-state index contributed by atoms with van der Waals surface area (Å²) in [5, 5.41) is -0.153. The molecule has 2 N–H and O–H groups in total. The van der Waals surface area contributed by atoms with Crippen molar-refractivity contribution in [2.24, 2.45) is 0 Å². The molecule has 2 aromatic rings. The molecular formula is C8H9Cl2N5. The van der Waals surface area contributed by atoms with Crippen LogP contribution >= 0.6 is 23.2 Å². The van der Waals surface area contributed by atoms with Gasteiger partial charge in [-0.25, -0.2) is 15.0 Å². The van der Waals surface area contributed by atoms with Crippen molar-refractivity contribution in [1.29, 1.82) is 0 Å². The number of imidazole rings is 1. The molecule has 0 bridgehead atoms. The Labute approximate surface area is 96.2 Å². The number of hydrogen-bond donors (Lipinski definition) is 1. The van der Waals surface area contributed by atoms with Crippen LogP contribution in [0.5, 0.6) is 0 Å². The summed E-state index contributed by atoms with van der Waals surface area (Å²) in [6.07, 6.45) is 3.04. The van der Waals surface area contributed by atoms with E-state index >= 15 is 0 Å². The van der Waals surface area contributed by atoms with Crippen LogP contribution in [0, 0.1) is 0 Å². The highest BCUT2D eigenvalue weighted by molar-refractivity contribution is 6.28. The fraction of sp³-hybridized carbons (Fsp3) is 0.375. The topological polar surface area (TPSA) is 69.6 Å². The van der Waals surface area contributed by atoms with Crippen LogP contribution in [-0.2, 0) is 6.54 Å². The first kappa shape index (κ1) is 10.4. The Morgan fingerprint density at radius 1 is 1.40 bits per heavy atom. The molecule has 0 saturated carbocycles. The Hall–Kier alpha value is -1.07. The predicted octanol–water partition coefficient (Wildman–Crippen LogP) is 1.25. The summed E-state index contributed by atoms with van der Waals surface area (Å²) in [5.74, 6) is 0.748. The van der Waals surface area contributed by atoms with E-state index in [0.717, 1.165) is 0 Å². The summed E-state index contributed by atoms with van der Waals surface area (Å²) in [5.41, 5.74) is 6.92. The van der Waals surface area contributed by atoms with Gasteiger partial charge in [-0.2, -0.15) is 0 Å². The maximum atomic E-state index is 5.94. The first-order valence-corrected chi connectivity index (χ1v) is 5.31. The van der Waals surface area contributed by atoms with Crippen LogP contribution in [0.25, 0.3) is 11.2 Å². The molecule has 2 rings (SSSR count). The van der Waals surface area contributed by atoms with Gasteiger partial charge in [0.15, 0.2) is 11.5 Å². The Bertz CT molecular complexity index is 469. The molecule has 15 heavy (non-hydrogen) atoms. The lowest BCUT2D eigenvalue weighted by Crippen LogP contribution is -2.11. The van der Waals surface area contributed by atoms with Crippen molar-refractivity contribution in [3.8, 4) is 0 Å². The van der Waals surface area contributed by atoms with Gasteiger partial charge < -0.3 is 10.3 Å². The average molecular weight is 246 g/mol. The third-order valence-corrected chi connectivity index (χ3v) is 2.81. The molecular weight excluding hydrogens is 237 g/mol. The summed E-state index contributed by atoms with van der Waals surface area (Å²) in [6, 6.07) is 0. The smallest absolute Gasteiger partial charge is 0.165 e. The Morgan fingerprint density at radius 3 is 2.93 bits per heavy atom. The number of nitrogen functional groups attached to an aromatic ring is 1. The van der Waals surface area contributed by atoms with Gasteiger partial charge in [-0.05, 0) is 0 Å². The number of nitrogens with zero attached hydrogens (tertiary/aromatic N) is 4. The highest BCUT2D eigenvalue weighted by Gasteiger charge is 2.10. The van der Waals surface area contributed by atoms with Crippen molar-refractivity contribution in [1.82, 2.24) is 19.5 Å². The molecule has 2 aromatic heterocycles. The molecule has 0 amide bonds. The van der Waals surface area contributed by atoms with Crippen LogP contribution in [0.1, 0.15) is 0 Å². The molecule has 0 aliphatic heterocycles. The van der Waals surface area contributed by atoms with Crippen LogP contribution in [0.3, 0.4) is 0 Å². The fourth-order valence-corrected chi connectivity index (χ4v) is 1.54. The lowest BCUT2D eigenvalue weighted by Gasteiger charge is -2.06. The van der Waals surface area contributed by atoms with E-state index in [0.29, 0.717) is 29.4 Å². The number of anilines is 1. The average Bonchev–Trinajstić information content (AvgIpc) is 2.63. The molecule has 2 heterocycles. The van der Waals surface area contributed by atoms with E-state index in [9.17, 15) is 0 Å². The third kappa shape index (κ3) is 1.98. The van der Waals surface area contributed by atoms with Crippen molar-refractivity contribution in [3.63, 3.8) is 0 Å². The van der Waals surface area contributed by atoms with Gasteiger partial charge in [0.05, 0.1) is 11.7 Å². The maximum absolute atomic E-state index is 5.94. The zero-order valence-corrected chi connectivity index (χ0v) is 9.28. The second-order valence-electron chi connectivity index (χ2n) is 3.08. The standard InChI is InChI=1S/C8H9Cl2N5/c9-1-5(10)2-15-4-14-6-7(11)12-3-13-8(6)15/h3-5H,1-2H2,(H2,11,12,13). The molecule has 0 aliphatic rings. The quantitative estimate of drug-likeness (QED) is 0.827. The maximum Gasteiger partial charge on any atom is 0.165 e. The number of halogens is 2. The second-order valence-corrected chi connectivity index (χ2v) is 4.01. The zero-order valence-electron chi connectivity index (χ0n) is 7.77. The minimum absolute atomic E-state index is 0.153. The Balaban J connectivity index is 2.41. The largest absolute Gasteiger partial charge is 0.382 e. The van der Waals surface area contributed by atoms with Crippen molar-refractivity contribution in [3.05, 3.63) is 12.7 Å². The van der Waals surface area contributed by atoms with Crippen molar-refractivity contribution < 1.29 is 0 Å². The SMILES string of the molecule is Nc1ncnc2c1ncn2CC(Cl)CCl. The molecule has 1 atom stereocenters. The van der Waals surface area contributed by atoms with Crippen molar-refractivity contribution >= 4 is 40.2 Å². The molecule has 0 aromatic carbocycles. The lowest BCUT2D eigenvalue weighted by atomic mass is 10.4. The second kappa shape index (κ2) is 4.20. The first-order chi connectivity index (χ1) is 7.22. The van der Waals surface area contributed by atoms with Gasteiger partial charge in [-0.3, -0.25) is 0 Å². The van der Waals surface area contributed by atoms with Crippen LogP contribution in [0.4, 0.5) is 5.82 Å². The summed E-state index contributed by atoms with van der Waals surface area (Å²) in [4.78, 5) is 12.1. The van der Waals surface area contributed by atoms with Gasteiger partial charge in [0.25, 0.3) is 0 Å². The van der Waals surface area contributed by atoms with Crippen LogP contribution in [0.2, 0.25) is 0 Å². The van der Waals surface area contributed by atoms with E-state index in [1.807, 2.05) is 4.57 Å². The Kier molecular flexibility index (Phi) is 2.93. The molecule has 7 heteroatoms. The lowest BCUT2D eigenvalue weighted by molar-refractivity contribution is 0.701. The van der Waals surface area contributed by atoms with E-state index in [2.05, 4.69) is 15.0 Å². The molecule has 0 fully saturated rings. The normalized spacial score (nSPS) is 13.2. The Morgan fingerprint density at radius 2 is 2.20 bits per heavy atom. The van der Waals surface area contributed by atoms with Crippen LogP contribution in [0.15, 0.2) is 12.7 Å². The van der Waals surface area contributed by atoms with Gasteiger partial charge in [0, 0.05) is 12.4 Å². The van der Waals surface area contributed by atoms with Gasteiger partial charge in [0.2, 0.25) is 0 Å². The van der Waals surface area contributed by atoms with Gasteiger partial charge in [0.1, 0.15) is 11.8 Å². The fourth-order valence-electron chi connectivity index (χ4n) is 1.29. The van der Waals surface area contributed by atoms with E-state index in [1.54, 1.807) is 6.33 Å². The predicted molar refractivity (Wildman–Crippen MR) is 60.1 cm³/mol. The monoisotopic (exact) mass is 245 g/mol. The summed E-state index contributed by atoms with van der Waals surface area (Å²) >= 11 is 11.6. The number of fused-ring (bicyclic) bond motifs is 1. The summed E-state index contributed by atoms with van der Waals surface area (Å²) in [7, 11) is 0. The van der Waals surface area contributed by atoms with Crippen molar-refractivity contribution in [2.75, 3.05) is 11.6 Å². The highest BCUT2D eigenvalue weighted by Crippen LogP contribution is 2.15. The van der Waals surface area contributed by atoms with Gasteiger partial charge >= 0.3 is 0 Å². The van der Waals surface area contributed by atoms with Gasteiger partial charge in [-0.15, -0.1) is 23.2 Å². The van der Waals surface area contributed by atoms with E-state index in [-0.39, 0.29) is 5.38 Å². The summed E-state index contributed by atoms with van der Waals surface area (Å²) in [6.45, 7) is 0.554. The van der Waals surface area contributed by atoms with Gasteiger partial charge in [-0.1, -0.05) is 0 Å². The molecule has 0 aliphatic carbocycles. The highest BCUT2D eigenvalue weighted by atomic mass is 35.5. The molecule has 5 nitrogen and oxygen atoms in total. The summed E-state index contributed by atoms with van der Waals surface area (Å²) < 4.78 is 1.81. The zero-order chi connectivity index (χ0) is 10.8. The number of nitrogens with two attached hydrogens (primary N) is 1. The van der Waals surface area contributed by atoms with Crippen LogP contribution < -0.4 is 5.73 Å².